The van der Waals surface area contributed by atoms with E-state index in [0.29, 0.717) is 49.1 Å². The van der Waals surface area contributed by atoms with Crippen LogP contribution in [0.3, 0.4) is 0 Å². The summed E-state index contributed by atoms with van der Waals surface area (Å²) >= 11 is 0. The summed E-state index contributed by atoms with van der Waals surface area (Å²) in [6, 6.07) is 6.44. The van der Waals surface area contributed by atoms with Crippen LogP contribution in [0.4, 0.5) is 17.6 Å². The van der Waals surface area contributed by atoms with Crippen LogP contribution >= 0.6 is 0 Å². The highest BCUT2D eigenvalue weighted by Crippen LogP contribution is 2.39. The Balaban J connectivity index is 1.30. The van der Waals surface area contributed by atoms with Crippen LogP contribution in [-0.2, 0) is 11.3 Å². The zero-order valence-corrected chi connectivity index (χ0v) is 21.0. The molecule has 0 unspecified atom stereocenters. The SMILES string of the molecule is C=CCCOc1ccc(C2CCC(OCc3ccc(C4CCC(C)CC4)c(F)c3F)CC2)c(F)c1F. The van der Waals surface area contributed by atoms with Crippen molar-refractivity contribution in [2.75, 3.05) is 6.61 Å². The Kier molecular flexibility index (Phi) is 9.10. The number of halogens is 4. The zero-order chi connectivity index (χ0) is 25.7. The Labute approximate surface area is 211 Å². The summed E-state index contributed by atoms with van der Waals surface area (Å²) in [5.41, 5.74) is 1.06. The Morgan fingerprint density at radius 3 is 2.00 bits per heavy atom. The molecule has 196 valence electrons. The molecule has 36 heavy (non-hydrogen) atoms. The van der Waals surface area contributed by atoms with Gasteiger partial charge in [0.05, 0.1) is 19.3 Å². The standard InChI is InChI=1S/C30H36F4O2/c1-3-4-17-35-26-16-15-25(29(33)30(26)34)21-9-12-23(13-10-21)36-18-22-11-14-24(28(32)27(22)31)20-7-5-19(2)6-8-20/h3,11,14-16,19-21,23H,1,4-10,12-13,17-18H2,2H3. The maximum atomic E-state index is 14.8. The first-order valence-electron chi connectivity index (χ1n) is 13.2. The van der Waals surface area contributed by atoms with Crippen molar-refractivity contribution in [3.05, 3.63) is 76.9 Å². The molecule has 0 N–H and O–H groups in total. The van der Waals surface area contributed by atoms with E-state index in [4.69, 9.17) is 9.47 Å². The second-order valence-electron chi connectivity index (χ2n) is 10.4. The lowest BCUT2D eigenvalue weighted by Gasteiger charge is -2.29. The molecule has 0 heterocycles. The molecule has 2 nitrogen and oxygen atoms in total. The van der Waals surface area contributed by atoms with Crippen LogP contribution in [0.25, 0.3) is 0 Å². The van der Waals surface area contributed by atoms with Crippen molar-refractivity contribution >= 4 is 0 Å². The topological polar surface area (TPSA) is 18.5 Å². The minimum atomic E-state index is -0.960. The molecule has 0 aliphatic heterocycles. The maximum Gasteiger partial charge on any atom is 0.200 e. The molecule has 0 bridgehead atoms. The lowest BCUT2D eigenvalue weighted by atomic mass is 9.79. The third kappa shape index (κ3) is 6.13. The van der Waals surface area contributed by atoms with E-state index in [-0.39, 0.29) is 42.5 Å². The second-order valence-corrected chi connectivity index (χ2v) is 10.4. The summed E-state index contributed by atoms with van der Waals surface area (Å²) in [4.78, 5) is 0. The fraction of sp³-hybridized carbons (Fsp3) is 0.533. The Morgan fingerprint density at radius 2 is 1.36 bits per heavy atom. The van der Waals surface area contributed by atoms with Crippen molar-refractivity contribution < 1.29 is 27.0 Å². The van der Waals surface area contributed by atoms with Crippen molar-refractivity contribution in [1.82, 2.24) is 0 Å². The molecule has 0 atom stereocenters. The van der Waals surface area contributed by atoms with Crippen LogP contribution in [0.15, 0.2) is 36.9 Å². The van der Waals surface area contributed by atoms with Crippen LogP contribution in [0, 0.1) is 29.2 Å². The van der Waals surface area contributed by atoms with Gasteiger partial charge in [0.25, 0.3) is 0 Å². The van der Waals surface area contributed by atoms with E-state index >= 15 is 0 Å². The number of rotatable bonds is 9. The number of hydrogen-bond acceptors (Lipinski definition) is 2. The van der Waals surface area contributed by atoms with Crippen LogP contribution in [0.1, 0.15) is 93.2 Å². The molecule has 6 heteroatoms. The highest BCUT2D eigenvalue weighted by atomic mass is 19.2. The van der Waals surface area contributed by atoms with Crippen molar-refractivity contribution in [3.8, 4) is 5.75 Å². The highest BCUT2D eigenvalue weighted by molar-refractivity contribution is 5.33. The van der Waals surface area contributed by atoms with E-state index in [1.807, 2.05) is 0 Å². The van der Waals surface area contributed by atoms with Gasteiger partial charge < -0.3 is 9.47 Å². The first kappa shape index (κ1) is 26.7. The van der Waals surface area contributed by atoms with Crippen molar-refractivity contribution in [2.45, 2.75) is 89.3 Å². The molecule has 2 aliphatic rings. The molecule has 2 aromatic carbocycles. The van der Waals surface area contributed by atoms with Crippen LogP contribution < -0.4 is 4.74 Å². The van der Waals surface area contributed by atoms with Gasteiger partial charge in [-0.05, 0) is 79.9 Å². The normalized spacial score (nSPS) is 24.5. The van der Waals surface area contributed by atoms with E-state index < -0.39 is 23.3 Å². The van der Waals surface area contributed by atoms with Gasteiger partial charge >= 0.3 is 0 Å². The van der Waals surface area contributed by atoms with Gasteiger partial charge in [-0.2, -0.15) is 4.39 Å². The maximum absolute atomic E-state index is 14.8. The van der Waals surface area contributed by atoms with Gasteiger partial charge in [0.1, 0.15) is 0 Å². The largest absolute Gasteiger partial charge is 0.490 e. The van der Waals surface area contributed by atoms with E-state index in [9.17, 15) is 17.6 Å². The summed E-state index contributed by atoms with van der Waals surface area (Å²) in [6.45, 7) is 6.03. The molecule has 0 spiro atoms. The first-order valence-corrected chi connectivity index (χ1v) is 13.2. The molecule has 0 saturated heterocycles. The summed E-state index contributed by atoms with van der Waals surface area (Å²) in [6.07, 6.45) is 8.51. The Morgan fingerprint density at radius 1 is 0.778 bits per heavy atom. The van der Waals surface area contributed by atoms with Gasteiger partial charge in [-0.25, -0.2) is 13.2 Å². The predicted octanol–water partition coefficient (Wildman–Crippen LogP) is 8.73. The first-order chi connectivity index (χ1) is 17.4. The van der Waals surface area contributed by atoms with Gasteiger partial charge in [0.2, 0.25) is 5.82 Å². The molecule has 2 fully saturated rings. The van der Waals surface area contributed by atoms with Crippen molar-refractivity contribution in [2.24, 2.45) is 5.92 Å². The van der Waals surface area contributed by atoms with Gasteiger partial charge in [0, 0.05) is 5.56 Å². The fourth-order valence-electron chi connectivity index (χ4n) is 5.58. The average Bonchev–Trinajstić information content (AvgIpc) is 2.89. The number of hydrogen-bond donors (Lipinski definition) is 0. The molecular formula is C30H36F4O2. The summed E-state index contributed by atoms with van der Waals surface area (Å²) < 4.78 is 70.0. The van der Waals surface area contributed by atoms with Crippen molar-refractivity contribution in [1.29, 1.82) is 0 Å². The minimum Gasteiger partial charge on any atom is -0.490 e. The summed E-state index contributed by atoms with van der Waals surface area (Å²) in [5, 5.41) is 0. The van der Waals surface area contributed by atoms with Crippen molar-refractivity contribution in [3.63, 3.8) is 0 Å². The predicted molar refractivity (Wildman–Crippen MR) is 133 cm³/mol. The molecule has 0 radical (unpaired) electrons. The van der Waals surface area contributed by atoms with E-state index in [2.05, 4.69) is 13.5 Å². The number of benzene rings is 2. The molecular weight excluding hydrogens is 468 g/mol. The molecule has 4 rings (SSSR count). The third-order valence-corrected chi connectivity index (χ3v) is 7.89. The molecule has 2 aromatic rings. The van der Waals surface area contributed by atoms with E-state index in [0.717, 1.165) is 25.7 Å². The zero-order valence-electron chi connectivity index (χ0n) is 21.0. The van der Waals surface area contributed by atoms with E-state index in [1.54, 1.807) is 24.3 Å². The average molecular weight is 505 g/mol. The highest BCUT2D eigenvalue weighted by Gasteiger charge is 2.28. The summed E-state index contributed by atoms with van der Waals surface area (Å²) in [7, 11) is 0. The molecule has 2 aliphatic carbocycles. The van der Waals surface area contributed by atoms with Crippen LogP contribution in [-0.4, -0.2) is 12.7 Å². The van der Waals surface area contributed by atoms with E-state index in [1.165, 1.54) is 6.07 Å². The molecule has 0 aromatic heterocycles. The van der Waals surface area contributed by atoms with Crippen LogP contribution in [0.5, 0.6) is 5.75 Å². The minimum absolute atomic E-state index is 0.000197. The lowest BCUT2D eigenvalue weighted by molar-refractivity contribution is 0.0116. The quantitative estimate of drug-likeness (QED) is 0.193. The molecule has 0 amide bonds. The lowest BCUT2D eigenvalue weighted by Crippen LogP contribution is -2.22. The summed E-state index contributed by atoms with van der Waals surface area (Å²) in [5.74, 6) is -2.85. The van der Waals surface area contributed by atoms with Crippen LogP contribution in [0.2, 0.25) is 0 Å². The smallest absolute Gasteiger partial charge is 0.200 e. The second kappa shape index (κ2) is 12.3. The van der Waals surface area contributed by atoms with Gasteiger partial charge in [-0.1, -0.05) is 44.0 Å². The fourth-order valence-corrected chi connectivity index (χ4v) is 5.58. The third-order valence-electron chi connectivity index (χ3n) is 7.89. The number of ether oxygens (including phenoxy) is 2. The Bertz CT molecular complexity index is 1040. The van der Waals surface area contributed by atoms with Gasteiger partial charge in [-0.15, -0.1) is 6.58 Å². The Hall–Kier alpha value is -2.34. The van der Waals surface area contributed by atoms with Gasteiger partial charge in [-0.3, -0.25) is 0 Å². The molecule has 2 saturated carbocycles. The monoisotopic (exact) mass is 504 g/mol. The van der Waals surface area contributed by atoms with Gasteiger partial charge in [0.15, 0.2) is 23.2 Å².